The topological polar surface area (TPSA) is 78.0 Å². The van der Waals surface area contributed by atoms with E-state index in [2.05, 4.69) is 17.0 Å². The molecule has 29 heavy (non-hydrogen) atoms. The summed E-state index contributed by atoms with van der Waals surface area (Å²) >= 11 is 7.70. The van der Waals surface area contributed by atoms with E-state index in [1.54, 1.807) is 17.8 Å². The Labute approximate surface area is 185 Å². The molecule has 0 bridgehead atoms. The van der Waals surface area contributed by atoms with Gasteiger partial charge in [-0.1, -0.05) is 41.6 Å². The van der Waals surface area contributed by atoms with Gasteiger partial charge in [0.05, 0.1) is 24.7 Å². The Kier molecular flexibility index (Phi) is 8.35. The van der Waals surface area contributed by atoms with E-state index in [9.17, 15) is 9.60 Å². The minimum absolute atomic E-state index is 0. The van der Waals surface area contributed by atoms with Crippen molar-refractivity contribution in [3.8, 4) is 0 Å². The molecule has 160 valence electrons. The minimum atomic E-state index is -0.405. The highest BCUT2D eigenvalue weighted by atomic mass is 35.5. The van der Waals surface area contributed by atoms with Gasteiger partial charge in [0.25, 0.3) is 0 Å². The fourth-order valence-corrected chi connectivity index (χ4v) is 5.30. The van der Waals surface area contributed by atoms with Crippen molar-refractivity contribution in [3.05, 3.63) is 63.6 Å². The molecule has 0 aromatic heterocycles. The van der Waals surface area contributed by atoms with Crippen molar-refractivity contribution in [3.63, 3.8) is 0 Å². The van der Waals surface area contributed by atoms with Gasteiger partial charge in [0.15, 0.2) is 0 Å². The van der Waals surface area contributed by atoms with Crippen molar-refractivity contribution in [2.45, 2.75) is 22.3 Å². The number of halogens is 3. The zero-order valence-electron chi connectivity index (χ0n) is 15.8. The van der Waals surface area contributed by atoms with Crippen molar-refractivity contribution < 1.29 is 19.6 Å². The van der Waals surface area contributed by atoms with E-state index in [-0.39, 0.29) is 46.7 Å². The molecule has 1 unspecified atom stereocenters. The average molecular weight is 463 g/mol. The van der Waals surface area contributed by atoms with Gasteiger partial charge in [-0.25, -0.2) is 4.39 Å². The van der Waals surface area contributed by atoms with Crippen LogP contribution in [0.4, 0.5) is 4.39 Å². The SMILES string of the molecule is Cl.O.[O-][N+]1(CCO)CCN(C2Cc3ccccc3Sc3cc(F)c(Cl)cc32)CC1. The van der Waals surface area contributed by atoms with Gasteiger partial charge in [-0.3, -0.25) is 4.90 Å². The molecule has 2 aromatic rings. The molecule has 1 saturated heterocycles. The minimum Gasteiger partial charge on any atom is -0.633 e. The summed E-state index contributed by atoms with van der Waals surface area (Å²) in [5.74, 6) is -0.405. The second-order valence-corrected chi connectivity index (χ2v) is 8.71. The second-order valence-electron chi connectivity index (χ2n) is 7.22. The summed E-state index contributed by atoms with van der Waals surface area (Å²) in [5.41, 5.74) is 2.25. The maximum atomic E-state index is 14.1. The van der Waals surface area contributed by atoms with Crippen LogP contribution in [-0.2, 0) is 6.42 Å². The van der Waals surface area contributed by atoms with E-state index in [1.807, 2.05) is 12.1 Å². The standard InChI is InChI=1S/C20H22ClFN2O2S.ClH.H2O/c21-16-12-15-18(23-5-7-24(26,8-6-23)9-10-25)11-14-3-1-2-4-19(14)27-20(15)13-17(16)22;;/h1-4,12-13,18,25H,5-11H2;1H;1H2. The summed E-state index contributed by atoms with van der Waals surface area (Å²) < 4.78 is 13.8. The van der Waals surface area contributed by atoms with Crippen LogP contribution in [0.1, 0.15) is 17.2 Å². The van der Waals surface area contributed by atoms with Crippen LogP contribution in [-0.4, -0.2) is 59.5 Å². The lowest BCUT2D eigenvalue weighted by molar-refractivity contribution is -0.885. The van der Waals surface area contributed by atoms with E-state index < -0.39 is 5.82 Å². The van der Waals surface area contributed by atoms with Gasteiger partial charge in [0.2, 0.25) is 0 Å². The molecule has 2 aliphatic heterocycles. The van der Waals surface area contributed by atoms with Crippen LogP contribution in [0.15, 0.2) is 46.2 Å². The second kappa shape index (κ2) is 9.94. The maximum absolute atomic E-state index is 14.1. The predicted octanol–water partition coefficient (Wildman–Crippen LogP) is 3.45. The fraction of sp³-hybridized carbons (Fsp3) is 0.400. The van der Waals surface area contributed by atoms with Crippen LogP contribution in [0.25, 0.3) is 0 Å². The first-order valence-electron chi connectivity index (χ1n) is 9.16. The number of hydroxylamine groups is 3. The zero-order valence-corrected chi connectivity index (χ0v) is 18.2. The van der Waals surface area contributed by atoms with Crippen LogP contribution in [0, 0.1) is 11.0 Å². The fourth-order valence-electron chi connectivity index (χ4n) is 3.99. The normalized spacial score (nSPS) is 20.5. The summed E-state index contributed by atoms with van der Waals surface area (Å²) in [6.45, 7) is 2.36. The molecule has 0 spiro atoms. The molecule has 0 aliphatic carbocycles. The molecular formula is C20H25Cl2FN2O3S. The highest BCUT2D eigenvalue weighted by molar-refractivity contribution is 7.99. The van der Waals surface area contributed by atoms with E-state index >= 15 is 0 Å². The number of rotatable bonds is 3. The third-order valence-corrected chi connectivity index (χ3v) is 7.04. The third-order valence-electron chi connectivity index (χ3n) is 5.56. The number of aliphatic hydroxyl groups excluding tert-OH is 1. The van der Waals surface area contributed by atoms with Gasteiger partial charge in [-0.15, -0.1) is 12.4 Å². The Morgan fingerprint density at radius 2 is 1.90 bits per heavy atom. The van der Waals surface area contributed by atoms with Gasteiger partial charge in [-0.05, 0) is 35.7 Å². The van der Waals surface area contributed by atoms with E-state index in [4.69, 9.17) is 16.7 Å². The van der Waals surface area contributed by atoms with Crippen LogP contribution >= 0.6 is 35.8 Å². The highest BCUT2D eigenvalue weighted by Crippen LogP contribution is 2.44. The molecule has 2 aliphatic rings. The lowest BCUT2D eigenvalue weighted by atomic mass is 9.96. The summed E-state index contributed by atoms with van der Waals surface area (Å²) in [4.78, 5) is 4.33. The van der Waals surface area contributed by atoms with Crippen molar-refractivity contribution in [2.75, 3.05) is 39.3 Å². The number of nitrogens with zero attached hydrogens (tertiary/aromatic N) is 2. The molecule has 4 rings (SSSR count). The van der Waals surface area contributed by atoms with Gasteiger partial charge in [0.1, 0.15) is 12.4 Å². The van der Waals surface area contributed by atoms with Crippen molar-refractivity contribution in [1.29, 1.82) is 0 Å². The zero-order chi connectivity index (χ0) is 19.0. The molecule has 0 radical (unpaired) electrons. The molecule has 2 heterocycles. The number of hydrogen-bond acceptors (Lipinski definition) is 4. The molecular weight excluding hydrogens is 438 g/mol. The first-order valence-corrected chi connectivity index (χ1v) is 10.4. The number of benzene rings is 2. The Hall–Kier alpha value is -0.900. The van der Waals surface area contributed by atoms with Crippen LogP contribution in [0.2, 0.25) is 5.02 Å². The van der Waals surface area contributed by atoms with E-state index in [0.717, 1.165) is 21.8 Å². The average Bonchev–Trinajstić information content (AvgIpc) is 2.80. The molecule has 9 heteroatoms. The predicted molar refractivity (Wildman–Crippen MR) is 116 cm³/mol. The Morgan fingerprint density at radius 3 is 2.59 bits per heavy atom. The van der Waals surface area contributed by atoms with E-state index in [0.29, 0.717) is 26.2 Å². The molecule has 1 fully saturated rings. The largest absolute Gasteiger partial charge is 0.633 e. The smallest absolute Gasteiger partial charge is 0.142 e. The van der Waals surface area contributed by atoms with Crippen LogP contribution < -0.4 is 0 Å². The van der Waals surface area contributed by atoms with Gasteiger partial charge < -0.3 is 20.4 Å². The molecule has 1 atom stereocenters. The van der Waals surface area contributed by atoms with Crippen molar-refractivity contribution >= 4 is 35.8 Å². The Balaban J connectivity index is 0.00000150. The molecule has 5 nitrogen and oxygen atoms in total. The lowest BCUT2D eigenvalue weighted by Crippen LogP contribution is -2.57. The van der Waals surface area contributed by atoms with Gasteiger partial charge >= 0.3 is 0 Å². The number of quaternary nitrogens is 1. The number of hydrogen-bond donors (Lipinski definition) is 1. The van der Waals surface area contributed by atoms with Crippen LogP contribution in [0.5, 0.6) is 0 Å². The monoisotopic (exact) mass is 462 g/mol. The molecule has 2 aromatic carbocycles. The quantitative estimate of drug-likeness (QED) is 0.559. The Bertz CT molecular complexity index is 850. The van der Waals surface area contributed by atoms with Crippen molar-refractivity contribution in [2.24, 2.45) is 0 Å². The van der Waals surface area contributed by atoms with Crippen LogP contribution in [0.3, 0.4) is 0 Å². The van der Waals surface area contributed by atoms with Crippen molar-refractivity contribution in [1.82, 2.24) is 4.90 Å². The first kappa shape index (κ1) is 24.4. The molecule has 3 N–H and O–H groups in total. The highest BCUT2D eigenvalue weighted by Gasteiger charge is 2.33. The summed E-state index contributed by atoms with van der Waals surface area (Å²) in [7, 11) is 0. The van der Waals surface area contributed by atoms with E-state index in [1.165, 1.54) is 11.6 Å². The number of fused-ring (bicyclic) bond motifs is 2. The lowest BCUT2D eigenvalue weighted by Gasteiger charge is -2.49. The first-order chi connectivity index (χ1) is 13.0. The summed E-state index contributed by atoms with van der Waals surface area (Å²) in [5, 5.41) is 21.9. The molecule has 0 saturated carbocycles. The Morgan fingerprint density at radius 1 is 1.21 bits per heavy atom. The van der Waals surface area contributed by atoms with Gasteiger partial charge in [-0.2, -0.15) is 0 Å². The number of aliphatic hydroxyl groups is 1. The summed E-state index contributed by atoms with van der Waals surface area (Å²) in [6, 6.07) is 11.5. The maximum Gasteiger partial charge on any atom is 0.142 e. The third kappa shape index (κ3) is 5.06. The molecule has 0 amide bonds. The number of piperazine rings is 1. The van der Waals surface area contributed by atoms with Gasteiger partial charge in [0, 0.05) is 28.9 Å². The summed E-state index contributed by atoms with van der Waals surface area (Å²) in [6.07, 6.45) is 0.803.